The van der Waals surface area contributed by atoms with Crippen molar-refractivity contribution >= 4 is 29.8 Å². The lowest BCUT2D eigenvalue weighted by atomic mass is 9.72. The molecule has 5 rings (SSSR count). The SMILES string of the molecule is COc1cccc2c1C(=O)c1c(O)c3c(c(O)c1C2=O)C[C@@](O)(C(=O)CO)C[C@@H]3OC1CC(N)C(O)C(C)O1.Cl.[H+]. The zero-order valence-corrected chi connectivity index (χ0v) is 22.4. The molecule has 2 aromatic rings. The molecule has 13 heteroatoms. The number of carbonyl (C=O) groups is 3. The molecule has 1 aliphatic heterocycles. The first-order chi connectivity index (χ1) is 18.4. The van der Waals surface area contributed by atoms with Gasteiger partial charge < -0.3 is 45.5 Å². The van der Waals surface area contributed by atoms with E-state index in [0.717, 1.165) is 0 Å². The van der Waals surface area contributed by atoms with E-state index < -0.39 is 95.7 Å². The minimum absolute atomic E-state index is 0. The van der Waals surface area contributed by atoms with Crippen molar-refractivity contribution in [2.75, 3.05) is 13.7 Å². The van der Waals surface area contributed by atoms with Gasteiger partial charge in [-0.3, -0.25) is 14.4 Å². The van der Waals surface area contributed by atoms with Gasteiger partial charge in [-0.1, -0.05) is 12.1 Å². The van der Waals surface area contributed by atoms with Crippen molar-refractivity contribution in [2.24, 2.45) is 5.73 Å². The Hall–Kier alpha value is -3.10. The highest BCUT2D eigenvalue weighted by molar-refractivity contribution is 6.31. The van der Waals surface area contributed by atoms with Gasteiger partial charge in [0.2, 0.25) is 5.78 Å². The van der Waals surface area contributed by atoms with Crippen molar-refractivity contribution < 1.29 is 55.6 Å². The summed E-state index contributed by atoms with van der Waals surface area (Å²) in [4.78, 5) is 39.7. The Bertz CT molecular complexity index is 1390. The number of aromatic hydroxyl groups is 2. The van der Waals surface area contributed by atoms with Gasteiger partial charge >= 0.3 is 1.43 Å². The third-order valence-electron chi connectivity index (χ3n) is 7.81. The molecule has 0 radical (unpaired) electrons. The van der Waals surface area contributed by atoms with Crippen LogP contribution in [-0.4, -0.2) is 86.7 Å². The minimum atomic E-state index is -2.24. The molecular weight excluding hydrogens is 550 g/mol. The van der Waals surface area contributed by atoms with Crippen LogP contribution in [0.5, 0.6) is 17.2 Å². The van der Waals surface area contributed by atoms with E-state index in [1.54, 1.807) is 6.92 Å². The molecule has 40 heavy (non-hydrogen) atoms. The number of nitrogens with two attached hydrogens (primary N) is 1. The summed E-state index contributed by atoms with van der Waals surface area (Å²) >= 11 is 0. The van der Waals surface area contributed by atoms with Crippen molar-refractivity contribution in [3.05, 3.63) is 51.6 Å². The number of hydrogen-bond acceptors (Lipinski definition) is 12. The average molecular weight is 581 g/mol. The molecule has 7 N–H and O–H groups in total. The highest BCUT2D eigenvalue weighted by Gasteiger charge is 2.50. The first kappa shape index (κ1) is 29.9. The van der Waals surface area contributed by atoms with Crippen LogP contribution >= 0.6 is 12.4 Å². The molecule has 0 amide bonds. The molecule has 1 saturated heterocycles. The molecule has 0 spiro atoms. The number of aliphatic hydroxyl groups excluding tert-OH is 2. The van der Waals surface area contributed by atoms with Crippen LogP contribution in [0.1, 0.15) is 70.3 Å². The number of Topliss-reactive ketones (excluding diaryl/α,β-unsaturated/α-hetero) is 1. The number of halogens is 1. The van der Waals surface area contributed by atoms with E-state index in [-0.39, 0.29) is 48.3 Å². The number of rotatable bonds is 5. The molecule has 0 saturated carbocycles. The number of carbonyl (C=O) groups excluding carboxylic acids is 3. The number of aliphatic hydroxyl groups is 3. The fraction of sp³-hybridized carbons (Fsp3) is 0.444. The molecule has 2 aromatic carbocycles. The van der Waals surface area contributed by atoms with E-state index in [1.165, 1.54) is 25.3 Å². The van der Waals surface area contributed by atoms with E-state index in [0.29, 0.717) is 0 Å². The molecule has 6 atom stereocenters. The lowest BCUT2D eigenvalue weighted by molar-refractivity contribution is -0.247. The number of ether oxygens (including phenoxy) is 3. The molecule has 0 aromatic heterocycles. The van der Waals surface area contributed by atoms with Crippen LogP contribution in [0.25, 0.3) is 0 Å². The fourth-order valence-corrected chi connectivity index (χ4v) is 5.75. The normalized spacial score (nSPS) is 29.1. The Labute approximate surface area is 236 Å². The van der Waals surface area contributed by atoms with E-state index in [9.17, 15) is 39.9 Å². The Kier molecular flexibility index (Phi) is 8.00. The number of hydrogen-bond donors (Lipinski definition) is 6. The summed E-state index contributed by atoms with van der Waals surface area (Å²) < 4.78 is 17.0. The minimum Gasteiger partial charge on any atom is -0.507 e. The topological polar surface area (TPSA) is 206 Å². The van der Waals surface area contributed by atoms with Gasteiger partial charge in [0.25, 0.3) is 0 Å². The predicted molar refractivity (Wildman–Crippen MR) is 140 cm³/mol. The van der Waals surface area contributed by atoms with Gasteiger partial charge in [0.1, 0.15) is 29.5 Å². The number of phenolic OH excluding ortho intramolecular Hbond substituents is 2. The average Bonchev–Trinajstić information content (AvgIpc) is 2.90. The summed E-state index contributed by atoms with van der Waals surface area (Å²) in [5, 5.41) is 53.7. The summed E-state index contributed by atoms with van der Waals surface area (Å²) in [6.07, 6.45) is -5.12. The van der Waals surface area contributed by atoms with Gasteiger partial charge in [-0.15, -0.1) is 12.4 Å². The number of ketones is 3. The number of benzene rings is 2. The van der Waals surface area contributed by atoms with E-state index >= 15 is 0 Å². The highest BCUT2D eigenvalue weighted by atomic mass is 35.5. The highest BCUT2D eigenvalue weighted by Crippen LogP contribution is 2.52. The summed E-state index contributed by atoms with van der Waals surface area (Å²) in [7, 11) is 1.32. The van der Waals surface area contributed by atoms with Crippen LogP contribution in [0.15, 0.2) is 18.2 Å². The van der Waals surface area contributed by atoms with Gasteiger partial charge in [-0.2, -0.15) is 0 Å². The van der Waals surface area contributed by atoms with Crippen molar-refractivity contribution in [1.82, 2.24) is 0 Å². The van der Waals surface area contributed by atoms with Crippen LogP contribution < -0.4 is 10.5 Å². The first-order valence-electron chi connectivity index (χ1n) is 12.4. The van der Waals surface area contributed by atoms with E-state index in [1.807, 2.05) is 0 Å². The van der Waals surface area contributed by atoms with Gasteiger partial charge in [-0.25, -0.2) is 0 Å². The van der Waals surface area contributed by atoms with Crippen molar-refractivity contribution in [2.45, 2.75) is 62.4 Å². The van der Waals surface area contributed by atoms with Crippen LogP contribution in [-0.2, 0) is 20.7 Å². The molecule has 1 fully saturated rings. The predicted octanol–water partition coefficient (Wildman–Crippen LogP) is 0.536. The molecule has 3 aliphatic rings. The molecule has 4 unspecified atom stereocenters. The standard InChI is InChI=1S/C27H29NO11.ClH/c1-10-22(31)13(28)6-17(38-10)39-15-8-27(36,16(30)9-29)7-12-19(15)26(35)21-20(24(12)33)23(32)11-4-3-5-14(37-2)18(11)25(21)34;/h3-5,10,13,15,17,22,29,31,33,35-36H,6-9,28H2,1-2H3;1H/p+1/t10?,13?,15-,17?,22?,27-;/m0./s1. The van der Waals surface area contributed by atoms with Crippen molar-refractivity contribution in [1.29, 1.82) is 0 Å². The monoisotopic (exact) mass is 580 g/mol. The summed E-state index contributed by atoms with van der Waals surface area (Å²) in [6, 6.07) is 3.64. The summed E-state index contributed by atoms with van der Waals surface area (Å²) in [6.45, 7) is 0.560. The summed E-state index contributed by atoms with van der Waals surface area (Å²) in [5.41, 5.74) is 2.37. The third-order valence-corrected chi connectivity index (χ3v) is 7.81. The van der Waals surface area contributed by atoms with Gasteiger partial charge in [0.05, 0.1) is 42.1 Å². The molecule has 1 heterocycles. The smallest absolute Gasteiger partial charge is 0.507 e. The molecule has 12 nitrogen and oxygen atoms in total. The Morgan fingerprint density at radius 3 is 2.48 bits per heavy atom. The largest absolute Gasteiger partial charge is 1.00 e. The van der Waals surface area contributed by atoms with Gasteiger partial charge in [0, 0.05) is 42.0 Å². The molecular formula is C27H31ClNO11+. The summed E-state index contributed by atoms with van der Waals surface area (Å²) in [5.74, 6) is -3.77. The zero-order valence-electron chi connectivity index (χ0n) is 22.6. The maximum Gasteiger partial charge on any atom is 1.00 e. The Balaban J connectivity index is 0.00000231. The van der Waals surface area contributed by atoms with Crippen LogP contribution in [0, 0.1) is 0 Å². The third kappa shape index (κ3) is 4.45. The quantitative estimate of drug-likeness (QED) is 0.229. The second-order valence-corrected chi connectivity index (χ2v) is 10.2. The zero-order chi connectivity index (χ0) is 28.4. The van der Waals surface area contributed by atoms with Crippen molar-refractivity contribution in [3.8, 4) is 17.2 Å². The number of methoxy groups -OCH3 is 1. The van der Waals surface area contributed by atoms with Crippen molar-refractivity contribution in [3.63, 3.8) is 0 Å². The molecule has 2 aliphatic carbocycles. The van der Waals surface area contributed by atoms with E-state index in [2.05, 4.69) is 0 Å². The Morgan fingerprint density at radius 1 is 1.18 bits per heavy atom. The molecule has 0 bridgehead atoms. The second-order valence-electron chi connectivity index (χ2n) is 10.2. The number of fused-ring (bicyclic) bond motifs is 3. The maximum absolute atomic E-state index is 13.6. The Morgan fingerprint density at radius 2 is 1.85 bits per heavy atom. The van der Waals surface area contributed by atoms with Gasteiger partial charge in [-0.05, 0) is 13.0 Å². The van der Waals surface area contributed by atoms with E-state index in [4.69, 9.17) is 19.9 Å². The number of phenols is 2. The fourth-order valence-electron chi connectivity index (χ4n) is 5.75. The first-order valence-corrected chi connectivity index (χ1v) is 12.4. The lowest BCUT2D eigenvalue weighted by Crippen LogP contribution is -2.53. The second kappa shape index (κ2) is 10.7. The van der Waals surface area contributed by atoms with Crippen LogP contribution in [0.3, 0.4) is 0 Å². The van der Waals surface area contributed by atoms with Crippen LogP contribution in [0.4, 0.5) is 0 Å². The maximum atomic E-state index is 13.6. The van der Waals surface area contributed by atoms with Crippen LogP contribution in [0.2, 0.25) is 0 Å². The molecule has 216 valence electrons. The van der Waals surface area contributed by atoms with Gasteiger partial charge in [0.15, 0.2) is 17.9 Å². The lowest BCUT2D eigenvalue weighted by Gasteiger charge is -2.42.